The van der Waals surface area contributed by atoms with Crippen molar-refractivity contribution in [3.63, 3.8) is 0 Å². The molecule has 0 aliphatic carbocycles. The van der Waals surface area contributed by atoms with Crippen LogP contribution in [0.15, 0.2) is 48.5 Å². The number of nitrogens with zero attached hydrogens (tertiary/aromatic N) is 3. The lowest BCUT2D eigenvalue weighted by Gasteiger charge is -2.08. The van der Waals surface area contributed by atoms with Gasteiger partial charge in [0.05, 0.1) is 12.3 Å². The number of aromatic carboxylic acids is 1. The third-order valence-electron chi connectivity index (χ3n) is 3.47. The Balaban J connectivity index is 2.10. The van der Waals surface area contributed by atoms with E-state index in [1.54, 1.807) is 0 Å². The summed E-state index contributed by atoms with van der Waals surface area (Å²) in [4.78, 5) is 15.5. The molecule has 0 radical (unpaired) electrons. The Morgan fingerprint density at radius 2 is 1.96 bits per heavy atom. The Hall–Kier alpha value is -3.15. The van der Waals surface area contributed by atoms with Crippen molar-refractivity contribution < 1.29 is 14.6 Å². The van der Waals surface area contributed by atoms with E-state index in [0.29, 0.717) is 12.4 Å². The normalized spacial score (nSPS) is 10.6. The third-order valence-corrected chi connectivity index (χ3v) is 3.47. The van der Waals surface area contributed by atoms with Gasteiger partial charge in [0, 0.05) is 5.56 Å². The molecular formula is C18H17N3O3. The smallest absolute Gasteiger partial charge is 0.375 e. The standard InChI is InChI=1S/C18H17N3O3/c1-3-24-15-9-7-14(8-10-15)21-17(19-16(20-21)18(22)23)13-6-4-5-12(2)11-13/h4-11H,3H2,1-2H3,(H,22,23). The molecule has 122 valence electrons. The lowest BCUT2D eigenvalue weighted by molar-refractivity contribution is 0.0683. The van der Waals surface area contributed by atoms with Crippen LogP contribution in [0.5, 0.6) is 5.75 Å². The molecule has 3 aromatic rings. The van der Waals surface area contributed by atoms with Gasteiger partial charge >= 0.3 is 5.97 Å². The predicted octanol–water partition coefficient (Wildman–Crippen LogP) is 3.34. The van der Waals surface area contributed by atoms with Gasteiger partial charge in [-0.05, 0) is 44.2 Å². The molecule has 0 atom stereocenters. The molecule has 0 amide bonds. The lowest BCUT2D eigenvalue weighted by Crippen LogP contribution is -2.02. The summed E-state index contributed by atoms with van der Waals surface area (Å²) in [5, 5.41) is 13.4. The quantitative estimate of drug-likeness (QED) is 0.779. The first-order chi connectivity index (χ1) is 11.6. The highest BCUT2D eigenvalue weighted by Crippen LogP contribution is 2.23. The van der Waals surface area contributed by atoms with Crippen LogP contribution in [0.25, 0.3) is 17.1 Å². The van der Waals surface area contributed by atoms with Gasteiger partial charge in [-0.3, -0.25) is 0 Å². The van der Waals surface area contributed by atoms with Crippen molar-refractivity contribution in [3.05, 3.63) is 59.9 Å². The van der Waals surface area contributed by atoms with Gasteiger partial charge in [-0.15, -0.1) is 5.10 Å². The second-order valence-corrected chi connectivity index (χ2v) is 5.27. The highest BCUT2D eigenvalue weighted by atomic mass is 16.5. The van der Waals surface area contributed by atoms with Gasteiger partial charge in [-0.25, -0.2) is 14.5 Å². The number of aryl methyl sites for hydroxylation is 1. The molecule has 6 heteroatoms. The fourth-order valence-electron chi connectivity index (χ4n) is 2.40. The Kier molecular flexibility index (Phi) is 4.29. The van der Waals surface area contributed by atoms with Crippen LogP contribution in [0.4, 0.5) is 0 Å². The summed E-state index contributed by atoms with van der Waals surface area (Å²) in [6, 6.07) is 15.0. The number of aromatic nitrogens is 3. The number of rotatable bonds is 5. The molecule has 0 saturated heterocycles. The summed E-state index contributed by atoms with van der Waals surface area (Å²) in [7, 11) is 0. The zero-order chi connectivity index (χ0) is 17.1. The molecule has 0 spiro atoms. The number of ether oxygens (including phenoxy) is 1. The van der Waals surface area contributed by atoms with Crippen molar-refractivity contribution in [1.29, 1.82) is 0 Å². The predicted molar refractivity (Wildman–Crippen MR) is 89.7 cm³/mol. The van der Waals surface area contributed by atoms with E-state index in [0.717, 1.165) is 22.6 Å². The summed E-state index contributed by atoms with van der Waals surface area (Å²) in [6.07, 6.45) is 0. The summed E-state index contributed by atoms with van der Waals surface area (Å²) < 4.78 is 6.97. The van der Waals surface area contributed by atoms with E-state index in [-0.39, 0.29) is 5.82 Å². The first kappa shape index (κ1) is 15.7. The minimum Gasteiger partial charge on any atom is -0.494 e. The highest BCUT2D eigenvalue weighted by molar-refractivity contribution is 5.84. The summed E-state index contributed by atoms with van der Waals surface area (Å²) in [5.41, 5.74) is 2.59. The van der Waals surface area contributed by atoms with Gasteiger partial charge in [0.25, 0.3) is 5.82 Å². The monoisotopic (exact) mass is 323 g/mol. The van der Waals surface area contributed by atoms with Gasteiger partial charge in [0.15, 0.2) is 5.82 Å². The largest absolute Gasteiger partial charge is 0.494 e. The summed E-state index contributed by atoms with van der Waals surface area (Å²) in [5.74, 6) is -0.161. The van der Waals surface area contributed by atoms with Crippen LogP contribution in [-0.4, -0.2) is 32.4 Å². The van der Waals surface area contributed by atoms with Crippen molar-refractivity contribution in [1.82, 2.24) is 14.8 Å². The maximum atomic E-state index is 11.3. The van der Waals surface area contributed by atoms with E-state index in [1.807, 2.05) is 62.4 Å². The maximum Gasteiger partial charge on any atom is 0.375 e. The molecule has 6 nitrogen and oxygen atoms in total. The Bertz CT molecular complexity index is 869. The molecule has 0 bridgehead atoms. The number of hydrogen-bond acceptors (Lipinski definition) is 4. The molecular weight excluding hydrogens is 306 g/mol. The van der Waals surface area contributed by atoms with Crippen molar-refractivity contribution in [2.75, 3.05) is 6.61 Å². The minimum absolute atomic E-state index is 0.236. The molecule has 2 aromatic carbocycles. The third kappa shape index (κ3) is 3.12. The summed E-state index contributed by atoms with van der Waals surface area (Å²) >= 11 is 0. The van der Waals surface area contributed by atoms with Crippen LogP contribution in [0.1, 0.15) is 23.1 Å². The fraction of sp³-hybridized carbons (Fsp3) is 0.167. The highest BCUT2D eigenvalue weighted by Gasteiger charge is 2.18. The minimum atomic E-state index is -1.16. The van der Waals surface area contributed by atoms with Crippen molar-refractivity contribution in [2.24, 2.45) is 0 Å². The number of carboxylic acids is 1. The first-order valence-corrected chi connectivity index (χ1v) is 7.59. The Morgan fingerprint density at radius 3 is 2.58 bits per heavy atom. The molecule has 1 aromatic heterocycles. The second-order valence-electron chi connectivity index (χ2n) is 5.27. The first-order valence-electron chi connectivity index (χ1n) is 7.59. The maximum absolute atomic E-state index is 11.3. The molecule has 0 fully saturated rings. The SMILES string of the molecule is CCOc1ccc(-n2nc(C(=O)O)nc2-c2cccc(C)c2)cc1. The number of hydrogen-bond donors (Lipinski definition) is 1. The molecule has 0 saturated carbocycles. The van der Waals surface area contributed by atoms with Crippen molar-refractivity contribution in [2.45, 2.75) is 13.8 Å². The van der Waals surface area contributed by atoms with E-state index in [1.165, 1.54) is 4.68 Å². The Labute approximate surface area is 139 Å². The number of carbonyl (C=O) groups is 1. The molecule has 0 unspecified atom stereocenters. The van der Waals surface area contributed by atoms with Crippen LogP contribution in [0.2, 0.25) is 0 Å². The van der Waals surface area contributed by atoms with Gasteiger partial charge in [0.1, 0.15) is 5.75 Å². The van der Waals surface area contributed by atoms with Gasteiger partial charge in [0.2, 0.25) is 0 Å². The summed E-state index contributed by atoms with van der Waals surface area (Å²) in [6.45, 7) is 4.47. The van der Waals surface area contributed by atoms with E-state index >= 15 is 0 Å². The van der Waals surface area contributed by atoms with E-state index in [4.69, 9.17) is 4.74 Å². The van der Waals surface area contributed by atoms with E-state index < -0.39 is 5.97 Å². The zero-order valence-electron chi connectivity index (χ0n) is 13.4. The van der Waals surface area contributed by atoms with Crippen LogP contribution >= 0.6 is 0 Å². The topological polar surface area (TPSA) is 77.2 Å². The molecule has 3 rings (SSSR count). The van der Waals surface area contributed by atoms with Gasteiger partial charge in [-0.2, -0.15) is 0 Å². The van der Waals surface area contributed by atoms with Crippen LogP contribution in [0.3, 0.4) is 0 Å². The molecule has 0 aliphatic rings. The lowest BCUT2D eigenvalue weighted by atomic mass is 10.1. The van der Waals surface area contributed by atoms with Gasteiger partial charge < -0.3 is 9.84 Å². The number of carboxylic acid groups (broad SMARTS) is 1. The van der Waals surface area contributed by atoms with Crippen molar-refractivity contribution >= 4 is 5.97 Å². The second kappa shape index (κ2) is 6.54. The van der Waals surface area contributed by atoms with Crippen LogP contribution in [-0.2, 0) is 0 Å². The average Bonchev–Trinajstić information content (AvgIpc) is 3.01. The van der Waals surface area contributed by atoms with Crippen LogP contribution < -0.4 is 4.74 Å². The van der Waals surface area contributed by atoms with Crippen molar-refractivity contribution in [3.8, 4) is 22.8 Å². The van der Waals surface area contributed by atoms with Crippen LogP contribution in [0, 0.1) is 6.92 Å². The molecule has 1 heterocycles. The zero-order valence-corrected chi connectivity index (χ0v) is 13.4. The molecule has 0 aliphatic heterocycles. The number of benzene rings is 2. The van der Waals surface area contributed by atoms with E-state index in [9.17, 15) is 9.90 Å². The van der Waals surface area contributed by atoms with Gasteiger partial charge in [-0.1, -0.05) is 23.8 Å². The Morgan fingerprint density at radius 1 is 1.21 bits per heavy atom. The average molecular weight is 323 g/mol. The molecule has 24 heavy (non-hydrogen) atoms. The molecule has 1 N–H and O–H groups in total. The van der Waals surface area contributed by atoms with E-state index in [2.05, 4.69) is 10.1 Å². The fourth-order valence-corrected chi connectivity index (χ4v) is 2.40.